The fourth-order valence-electron chi connectivity index (χ4n) is 3.83. The number of fused-ring (bicyclic) bond motifs is 1. The number of rotatable bonds is 4. The Morgan fingerprint density at radius 2 is 1.90 bits per heavy atom. The zero-order valence-electron chi connectivity index (χ0n) is 16.3. The van der Waals surface area contributed by atoms with E-state index in [1.807, 2.05) is 60.8 Å². The normalized spacial score (nSPS) is 14.9. The Hall–Kier alpha value is -3.12. The van der Waals surface area contributed by atoms with Crippen LogP contribution in [0.5, 0.6) is 0 Å². The molecule has 2 aromatic carbocycles. The summed E-state index contributed by atoms with van der Waals surface area (Å²) in [7, 11) is 1.36. The van der Waals surface area contributed by atoms with Crippen molar-refractivity contribution in [2.45, 2.75) is 25.8 Å². The van der Waals surface area contributed by atoms with Crippen LogP contribution < -0.4 is 10.6 Å². The molecule has 0 fully saturated rings. The second kappa shape index (κ2) is 8.09. The van der Waals surface area contributed by atoms with E-state index in [4.69, 9.17) is 0 Å². The van der Waals surface area contributed by atoms with E-state index in [1.54, 1.807) is 11.3 Å². The monoisotopic (exact) mass is 406 g/mol. The maximum atomic E-state index is 13.1. The predicted octanol–water partition coefficient (Wildman–Crippen LogP) is 4.80. The van der Waals surface area contributed by atoms with E-state index in [0.29, 0.717) is 5.56 Å². The minimum Gasteiger partial charge on any atom is -0.453 e. The molecule has 0 radical (unpaired) electrons. The van der Waals surface area contributed by atoms with Crippen molar-refractivity contribution in [2.24, 2.45) is 0 Å². The van der Waals surface area contributed by atoms with Gasteiger partial charge in [0.2, 0.25) is 0 Å². The van der Waals surface area contributed by atoms with Crippen LogP contribution in [-0.4, -0.2) is 25.2 Å². The molecule has 0 bridgehead atoms. The average molecular weight is 407 g/mol. The van der Waals surface area contributed by atoms with Crippen LogP contribution in [0.1, 0.15) is 27.0 Å². The van der Waals surface area contributed by atoms with Crippen LogP contribution in [0.4, 0.5) is 10.5 Å². The van der Waals surface area contributed by atoms with Crippen molar-refractivity contribution in [1.29, 1.82) is 0 Å². The van der Waals surface area contributed by atoms with E-state index >= 15 is 0 Å². The summed E-state index contributed by atoms with van der Waals surface area (Å²) >= 11 is 1.63. The molecule has 1 aliphatic carbocycles. The average Bonchev–Trinajstić information content (AvgIpc) is 3.36. The highest BCUT2D eigenvalue weighted by Gasteiger charge is 2.24. The van der Waals surface area contributed by atoms with Gasteiger partial charge in [0.05, 0.1) is 7.11 Å². The second-order valence-electron chi connectivity index (χ2n) is 7.15. The van der Waals surface area contributed by atoms with Gasteiger partial charge >= 0.3 is 6.09 Å². The minimum absolute atomic E-state index is 0.0191. The van der Waals surface area contributed by atoms with Gasteiger partial charge < -0.3 is 15.4 Å². The first-order valence-electron chi connectivity index (χ1n) is 9.46. The van der Waals surface area contributed by atoms with Gasteiger partial charge in [-0.25, -0.2) is 4.79 Å². The SMILES string of the molecule is COC(=O)NC1Cc2ccc(NC(=O)c3cccc(C)c3-c3cccs3)cc2C1. The van der Waals surface area contributed by atoms with Crippen LogP contribution >= 0.6 is 11.3 Å². The lowest BCUT2D eigenvalue weighted by molar-refractivity contribution is 0.102. The number of hydrogen-bond donors (Lipinski definition) is 2. The summed E-state index contributed by atoms with van der Waals surface area (Å²) in [6, 6.07) is 15.8. The van der Waals surface area contributed by atoms with Crippen molar-refractivity contribution in [1.82, 2.24) is 5.32 Å². The van der Waals surface area contributed by atoms with E-state index < -0.39 is 6.09 Å². The lowest BCUT2D eigenvalue weighted by Crippen LogP contribution is -2.35. The molecule has 4 rings (SSSR count). The number of nitrogens with one attached hydrogen (secondary N) is 2. The number of carbonyl (C=O) groups is 2. The van der Waals surface area contributed by atoms with Gasteiger partial charge in [-0.1, -0.05) is 24.3 Å². The van der Waals surface area contributed by atoms with Gasteiger partial charge in [0.25, 0.3) is 5.91 Å². The highest BCUT2D eigenvalue weighted by molar-refractivity contribution is 7.13. The third kappa shape index (κ3) is 4.03. The van der Waals surface area contributed by atoms with Crippen LogP contribution in [0.2, 0.25) is 0 Å². The number of anilines is 1. The molecule has 0 aliphatic heterocycles. The van der Waals surface area contributed by atoms with Gasteiger partial charge in [-0.2, -0.15) is 0 Å². The summed E-state index contributed by atoms with van der Waals surface area (Å²) in [4.78, 5) is 25.6. The van der Waals surface area contributed by atoms with Crippen molar-refractivity contribution < 1.29 is 14.3 Å². The van der Waals surface area contributed by atoms with Crippen LogP contribution in [0.15, 0.2) is 53.9 Å². The molecule has 0 spiro atoms. The zero-order valence-corrected chi connectivity index (χ0v) is 17.1. The molecule has 6 heteroatoms. The summed E-state index contributed by atoms with van der Waals surface area (Å²) in [5.74, 6) is -0.126. The first-order chi connectivity index (χ1) is 14.0. The smallest absolute Gasteiger partial charge is 0.407 e. The molecule has 1 aliphatic rings. The minimum atomic E-state index is -0.420. The molecule has 5 nitrogen and oxygen atoms in total. The standard InChI is InChI=1S/C23H22N2O3S/c1-14-5-3-6-19(21(14)20-7-4-10-29-20)22(26)24-17-9-8-15-11-18(13-16(15)12-17)25-23(27)28-2/h3-10,12,18H,11,13H2,1-2H3,(H,24,26)(H,25,27). The number of methoxy groups -OCH3 is 1. The molecular formula is C23H22N2O3S. The van der Waals surface area contributed by atoms with E-state index in [0.717, 1.165) is 40.1 Å². The first-order valence-corrected chi connectivity index (χ1v) is 10.3. The molecule has 1 unspecified atom stereocenters. The van der Waals surface area contributed by atoms with Gasteiger partial charge in [0, 0.05) is 27.7 Å². The fraction of sp³-hybridized carbons (Fsp3) is 0.217. The number of amides is 2. The molecule has 29 heavy (non-hydrogen) atoms. The number of thiophene rings is 1. The van der Waals surface area contributed by atoms with Crippen LogP contribution in [-0.2, 0) is 17.6 Å². The van der Waals surface area contributed by atoms with Gasteiger partial charge in [-0.3, -0.25) is 4.79 Å². The maximum absolute atomic E-state index is 13.1. The number of aryl methyl sites for hydroxylation is 1. The summed E-state index contributed by atoms with van der Waals surface area (Å²) in [5, 5.41) is 7.90. The van der Waals surface area contributed by atoms with Gasteiger partial charge in [0.1, 0.15) is 0 Å². The van der Waals surface area contributed by atoms with Crippen molar-refractivity contribution in [3.05, 3.63) is 76.2 Å². The Balaban J connectivity index is 1.54. The van der Waals surface area contributed by atoms with Gasteiger partial charge in [0.15, 0.2) is 0 Å². The molecule has 2 amide bonds. The Morgan fingerprint density at radius 1 is 1.07 bits per heavy atom. The summed E-state index contributed by atoms with van der Waals surface area (Å²) in [6.45, 7) is 2.02. The fourth-order valence-corrected chi connectivity index (χ4v) is 4.68. The van der Waals surface area contributed by atoms with E-state index in [1.165, 1.54) is 12.7 Å². The maximum Gasteiger partial charge on any atom is 0.407 e. The number of ether oxygens (including phenoxy) is 1. The van der Waals surface area contributed by atoms with E-state index in [9.17, 15) is 9.59 Å². The quantitative estimate of drug-likeness (QED) is 0.654. The van der Waals surface area contributed by atoms with Crippen molar-refractivity contribution in [2.75, 3.05) is 12.4 Å². The molecule has 1 atom stereocenters. The summed E-state index contributed by atoms with van der Waals surface area (Å²) in [6.07, 6.45) is 1.06. The largest absolute Gasteiger partial charge is 0.453 e. The topological polar surface area (TPSA) is 67.4 Å². The third-order valence-electron chi connectivity index (χ3n) is 5.19. The Labute approximate surface area is 173 Å². The van der Waals surface area contributed by atoms with E-state index in [-0.39, 0.29) is 11.9 Å². The number of hydrogen-bond acceptors (Lipinski definition) is 4. The van der Waals surface area contributed by atoms with Gasteiger partial charge in [-0.05, 0) is 66.1 Å². The lowest BCUT2D eigenvalue weighted by Gasteiger charge is -2.12. The molecule has 0 saturated carbocycles. The molecule has 0 saturated heterocycles. The number of alkyl carbamates (subject to hydrolysis) is 1. The summed E-state index contributed by atoms with van der Waals surface area (Å²) < 4.78 is 4.68. The Morgan fingerprint density at radius 3 is 2.66 bits per heavy atom. The predicted molar refractivity (Wildman–Crippen MR) is 116 cm³/mol. The van der Waals surface area contributed by atoms with Crippen LogP contribution in [0.25, 0.3) is 10.4 Å². The second-order valence-corrected chi connectivity index (χ2v) is 8.10. The molecule has 148 valence electrons. The Bertz CT molecular complexity index is 1060. The van der Waals surface area contributed by atoms with E-state index in [2.05, 4.69) is 15.4 Å². The van der Waals surface area contributed by atoms with Crippen molar-refractivity contribution in [3.63, 3.8) is 0 Å². The molecule has 3 aromatic rings. The van der Waals surface area contributed by atoms with Crippen LogP contribution in [0, 0.1) is 6.92 Å². The molecular weight excluding hydrogens is 384 g/mol. The third-order valence-corrected chi connectivity index (χ3v) is 6.08. The first kappa shape index (κ1) is 19.2. The van der Waals surface area contributed by atoms with Crippen LogP contribution in [0.3, 0.4) is 0 Å². The highest BCUT2D eigenvalue weighted by atomic mass is 32.1. The lowest BCUT2D eigenvalue weighted by atomic mass is 9.99. The molecule has 1 heterocycles. The Kier molecular flexibility index (Phi) is 5.36. The van der Waals surface area contributed by atoms with Crippen molar-refractivity contribution in [3.8, 4) is 10.4 Å². The number of benzene rings is 2. The highest BCUT2D eigenvalue weighted by Crippen LogP contribution is 2.32. The molecule has 2 N–H and O–H groups in total. The van der Waals surface area contributed by atoms with Gasteiger partial charge in [-0.15, -0.1) is 11.3 Å². The summed E-state index contributed by atoms with van der Waals surface area (Å²) in [5.41, 5.74) is 5.78. The number of carbonyl (C=O) groups excluding carboxylic acids is 2. The van der Waals surface area contributed by atoms with Crippen molar-refractivity contribution >= 4 is 29.0 Å². The molecule has 1 aromatic heterocycles. The zero-order chi connectivity index (χ0) is 20.4.